The predicted molar refractivity (Wildman–Crippen MR) is 108 cm³/mol. The zero-order valence-corrected chi connectivity index (χ0v) is 16.4. The van der Waals surface area contributed by atoms with Gasteiger partial charge in [-0.25, -0.2) is 0 Å². The minimum Gasteiger partial charge on any atom is -0.462 e. The monoisotopic (exact) mass is 352 g/mol. The normalized spacial score (nSPS) is 13.2. The Balaban J connectivity index is 2.12. The molecule has 2 atom stereocenters. The molecule has 0 aliphatic heterocycles. The Labute approximate surface area is 158 Å². The van der Waals surface area contributed by atoms with Crippen molar-refractivity contribution in [3.63, 3.8) is 0 Å². The molecule has 0 saturated heterocycles. The molecular weight excluding hydrogens is 320 g/mol. The smallest absolute Gasteiger partial charge is 0.314 e. The number of aryl methyl sites for hydroxylation is 1. The molecule has 26 heavy (non-hydrogen) atoms. The Morgan fingerprint density at radius 1 is 0.962 bits per heavy atom. The maximum absolute atomic E-state index is 13.0. The molecule has 140 valence electrons. The predicted octanol–water partition coefficient (Wildman–Crippen LogP) is 6.22. The summed E-state index contributed by atoms with van der Waals surface area (Å²) in [4.78, 5) is 13.0. The second-order valence-corrected chi connectivity index (χ2v) is 7.12. The molecule has 0 aliphatic carbocycles. The van der Waals surface area contributed by atoms with Crippen molar-refractivity contribution in [2.75, 3.05) is 0 Å². The van der Waals surface area contributed by atoms with Gasteiger partial charge in [0.05, 0.1) is 5.92 Å². The number of unbranched alkanes of at least 4 members (excludes halogenated alkanes) is 2. The van der Waals surface area contributed by atoms with Crippen LogP contribution in [0.1, 0.15) is 68.6 Å². The van der Waals surface area contributed by atoms with Crippen LogP contribution in [0.25, 0.3) is 0 Å². The lowest BCUT2D eigenvalue weighted by Gasteiger charge is -2.22. The SMILES string of the molecule is CCCCCC(CC)OC(=O)C(Cc1ccc(C)cc1)c1ccccc1. The van der Waals surface area contributed by atoms with Crippen LogP contribution in [0.2, 0.25) is 0 Å². The first-order valence-corrected chi connectivity index (χ1v) is 9.95. The van der Waals surface area contributed by atoms with Crippen LogP contribution in [0.4, 0.5) is 0 Å². The number of carbonyl (C=O) groups is 1. The summed E-state index contributed by atoms with van der Waals surface area (Å²) in [6.07, 6.45) is 6.04. The highest BCUT2D eigenvalue weighted by Crippen LogP contribution is 2.24. The van der Waals surface area contributed by atoms with Crippen molar-refractivity contribution in [3.8, 4) is 0 Å². The lowest BCUT2D eigenvalue weighted by atomic mass is 9.91. The summed E-state index contributed by atoms with van der Waals surface area (Å²) in [5.41, 5.74) is 3.43. The van der Waals surface area contributed by atoms with Crippen LogP contribution >= 0.6 is 0 Å². The lowest BCUT2D eigenvalue weighted by molar-refractivity contribution is -0.151. The highest BCUT2D eigenvalue weighted by atomic mass is 16.5. The van der Waals surface area contributed by atoms with Gasteiger partial charge in [-0.15, -0.1) is 0 Å². The molecule has 2 rings (SSSR count). The van der Waals surface area contributed by atoms with Crippen LogP contribution in [0.15, 0.2) is 54.6 Å². The molecule has 0 saturated carbocycles. The topological polar surface area (TPSA) is 26.3 Å². The number of rotatable bonds is 10. The van der Waals surface area contributed by atoms with E-state index in [0.717, 1.165) is 24.8 Å². The van der Waals surface area contributed by atoms with Gasteiger partial charge >= 0.3 is 5.97 Å². The van der Waals surface area contributed by atoms with Gasteiger partial charge in [-0.2, -0.15) is 0 Å². The standard InChI is InChI=1S/C24H32O2/c1-4-6-8-13-22(5-2)26-24(25)23(21-11-9-7-10-12-21)18-20-16-14-19(3)15-17-20/h7,9-12,14-17,22-23H,4-6,8,13,18H2,1-3H3. The van der Waals surface area contributed by atoms with Gasteiger partial charge in [-0.1, -0.05) is 86.8 Å². The Bertz CT molecular complexity index is 646. The molecule has 0 aromatic heterocycles. The molecule has 0 aliphatic rings. The van der Waals surface area contributed by atoms with Gasteiger partial charge in [0.1, 0.15) is 6.10 Å². The number of hydrogen-bond donors (Lipinski definition) is 0. The highest BCUT2D eigenvalue weighted by Gasteiger charge is 2.25. The van der Waals surface area contributed by atoms with Gasteiger partial charge in [-0.05, 0) is 43.7 Å². The molecule has 0 radical (unpaired) electrons. The quantitative estimate of drug-likeness (QED) is 0.374. The van der Waals surface area contributed by atoms with Crippen molar-refractivity contribution in [3.05, 3.63) is 71.3 Å². The second-order valence-electron chi connectivity index (χ2n) is 7.12. The molecule has 2 aromatic rings. The van der Waals surface area contributed by atoms with Crippen LogP contribution in [-0.2, 0) is 16.0 Å². The summed E-state index contributed by atoms with van der Waals surface area (Å²) in [6, 6.07) is 18.4. The molecule has 2 aromatic carbocycles. The van der Waals surface area contributed by atoms with Crippen molar-refractivity contribution < 1.29 is 9.53 Å². The third-order valence-corrected chi connectivity index (χ3v) is 4.91. The van der Waals surface area contributed by atoms with Crippen molar-refractivity contribution in [2.24, 2.45) is 0 Å². The molecular formula is C24H32O2. The molecule has 0 N–H and O–H groups in total. The van der Waals surface area contributed by atoms with Crippen molar-refractivity contribution in [1.29, 1.82) is 0 Å². The summed E-state index contributed by atoms with van der Waals surface area (Å²) in [5, 5.41) is 0. The molecule has 2 nitrogen and oxygen atoms in total. The third-order valence-electron chi connectivity index (χ3n) is 4.91. The molecule has 0 amide bonds. The second kappa shape index (κ2) is 10.8. The van der Waals surface area contributed by atoms with E-state index in [1.807, 2.05) is 30.3 Å². The Hall–Kier alpha value is -2.09. The number of benzene rings is 2. The zero-order chi connectivity index (χ0) is 18.8. The molecule has 0 heterocycles. The van der Waals surface area contributed by atoms with Crippen LogP contribution < -0.4 is 0 Å². The maximum atomic E-state index is 13.0. The summed E-state index contributed by atoms with van der Waals surface area (Å²) in [7, 11) is 0. The van der Waals surface area contributed by atoms with E-state index >= 15 is 0 Å². The Morgan fingerprint density at radius 2 is 1.65 bits per heavy atom. The number of ether oxygens (including phenoxy) is 1. The summed E-state index contributed by atoms with van der Waals surface area (Å²) in [6.45, 7) is 6.37. The maximum Gasteiger partial charge on any atom is 0.314 e. The first kappa shape index (κ1) is 20.2. The largest absolute Gasteiger partial charge is 0.462 e. The van der Waals surface area contributed by atoms with E-state index in [9.17, 15) is 4.79 Å². The number of carbonyl (C=O) groups excluding carboxylic acids is 1. The van der Waals surface area contributed by atoms with E-state index < -0.39 is 0 Å². The van der Waals surface area contributed by atoms with Gasteiger partial charge in [-0.3, -0.25) is 4.79 Å². The van der Waals surface area contributed by atoms with Crippen LogP contribution in [0.5, 0.6) is 0 Å². The summed E-state index contributed by atoms with van der Waals surface area (Å²) in [5.74, 6) is -0.348. The van der Waals surface area contributed by atoms with Gasteiger partial charge in [0.2, 0.25) is 0 Å². The van der Waals surface area contributed by atoms with Crippen LogP contribution in [-0.4, -0.2) is 12.1 Å². The van der Waals surface area contributed by atoms with Gasteiger partial charge < -0.3 is 4.74 Å². The average Bonchev–Trinajstić information content (AvgIpc) is 2.67. The lowest BCUT2D eigenvalue weighted by Crippen LogP contribution is -2.24. The van der Waals surface area contributed by atoms with Crippen molar-refractivity contribution in [1.82, 2.24) is 0 Å². The van der Waals surface area contributed by atoms with E-state index in [1.165, 1.54) is 24.0 Å². The first-order valence-electron chi connectivity index (χ1n) is 9.95. The first-order chi connectivity index (χ1) is 12.6. The van der Waals surface area contributed by atoms with Crippen LogP contribution in [0.3, 0.4) is 0 Å². The number of esters is 1. The van der Waals surface area contributed by atoms with Crippen LogP contribution in [0, 0.1) is 6.92 Å². The van der Waals surface area contributed by atoms with E-state index in [4.69, 9.17) is 4.74 Å². The van der Waals surface area contributed by atoms with E-state index in [0.29, 0.717) is 6.42 Å². The molecule has 2 unspecified atom stereocenters. The van der Waals surface area contributed by atoms with Gasteiger partial charge in [0, 0.05) is 0 Å². The number of hydrogen-bond acceptors (Lipinski definition) is 2. The molecule has 0 fully saturated rings. The summed E-state index contributed by atoms with van der Waals surface area (Å²) >= 11 is 0. The average molecular weight is 353 g/mol. The van der Waals surface area contributed by atoms with E-state index in [-0.39, 0.29) is 18.0 Å². The highest BCUT2D eigenvalue weighted by molar-refractivity contribution is 5.78. The minimum atomic E-state index is -0.251. The molecule has 0 spiro atoms. The Morgan fingerprint density at radius 3 is 2.27 bits per heavy atom. The molecule has 0 bridgehead atoms. The minimum absolute atomic E-state index is 0.0262. The summed E-state index contributed by atoms with van der Waals surface area (Å²) < 4.78 is 5.92. The van der Waals surface area contributed by atoms with Gasteiger partial charge in [0.25, 0.3) is 0 Å². The van der Waals surface area contributed by atoms with E-state index in [1.54, 1.807) is 0 Å². The van der Waals surface area contributed by atoms with Crippen molar-refractivity contribution >= 4 is 5.97 Å². The van der Waals surface area contributed by atoms with Crippen molar-refractivity contribution in [2.45, 2.75) is 71.3 Å². The third kappa shape index (κ3) is 6.33. The fraction of sp³-hybridized carbons (Fsp3) is 0.458. The van der Waals surface area contributed by atoms with E-state index in [2.05, 4.69) is 45.0 Å². The zero-order valence-electron chi connectivity index (χ0n) is 16.4. The fourth-order valence-electron chi connectivity index (χ4n) is 3.20. The molecule has 2 heteroatoms. The Kier molecular flexibility index (Phi) is 8.40. The fourth-order valence-corrected chi connectivity index (χ4v) is 3.20. The van der Waals surface area contributed by atoms with Gasteiger partial charge in [0.15, 0.2) is 0 Å².